The van der Waals surface area contributed by atoms with Crippen molar-refractivity contribution >= 4 is 40.6 Å². The molecule has 0 radical (unpaired) electrons. The van der Waals surface area contributed by atoms with Crippen LogP contribution in [-0.2, 0) is 10.3 Å². The van der Waals surface area contributed by atoms with Crippen LogP contribution >= 0.6 is 11.6 Å². The van der Waals surface area contributed by atoms with Crippen LogP contribution in [-0.4, -0.2) is 16.7 Å². The number of carbonyl (C=O) groups excluding carboxylic acids is 1. The molecule has 0 spiro atoms. The number of para-hydroxylation sites is 1. The summed E-state index contributed by atoms with van der Waals surface area (Å²) in [6, 6.07) is 20.5. The number of carbonyl (C=O) groups is 1. The van der Waals surface area contributed by atoms with Crippen molar-refractivity contribution in [3.05, 3.63) is 88.7 Å². The van der Waals surface area contributed by atoms with E-state index in [-0.39, 0.29) is 12.3 Å². The summed E-state index contributed by atoms with van der Waals surface area (Å²) >= 11 is 6.88. The predicted octanol–water partition coefficient (Wildman–Crippen LogP) is 6.72. The number of rotatable bonds is 3. The summed E-state index contributed by atoms with van der Waals surface area (Å²) in [5.74, 6) is 0.773. The highest BCUT2D eigenvalue weighted by Gasteiger charge is 2.42. The van der Waals surface area contributed by atoms with Crippen molar-refractivity contribution in [2.24, 2.45) is 0 Å². The van der Waals surface area contributed by atoms with Crippen LogP contribution in [0.2, 0.25) is 0 Å². The molecule has 1 atom stereocenters. The van der Waals surface area contributed by atoms with Crippen molar-refractivity contribution in [1.29, 1.82) is 0 Å². The fraction of sp³-hybridized carbons (Fsp3) is 0.310. The molecule has 37 heavy (non-hydrogen) atoms. The normalized spacial score (nSPS) is 19.4. The number of fused-ring (bicyclic) bond motifs is 5. The van der Waals surface area contributed by atoms with Crippen LogP contribution in [0.1, 0.15) is 62.9 Å². The minimum atomic E-state index is -0.542. The Hall–Kier alpha value is -3.71. The SMILES string of the molecule is CC(C)(C)OC(=O)NC1(c2ccc(C3=C(Cl)NC4c5ccccc5Nc5ncccc5N34)cc2)CCC1. The highest BCUT2D eigenvalue weighted by molar-refractivity contribution is 6.33. The third-order valence-electron chi connectivity index (χ3n) is 7.18. The second-order valence-electron chi connectivity index (χ2n) is 10.8. The molecule has 3 aromatic rings. The lowest BCUT2D eigenvalue weighted by Gasteiger charge is -2.43. The Morgan fingerprint density at radius 2 is 1.86 bits per heavy atom. The Labute approximate surface area is 221 Å². The van der Waals surface area contributed by atoms with Crippen LogP contribution in [0.4, 0.5) is 22.0 Å². The van der Waals surface area contributed by atoms with Crippen LogP contribution in [0.3, 0.4) is 0 Å². The van der Waals surface area contributed by atoms with Crippen molar-refractivity contribution in [1.82, 2.24) is 15.6 Å². The lowest BCUT2D eigenvalue weighted by molar-refractivity contribution is 0.0377. The van der Waals surface area contributed by atoms with Gasteiger partial charge in [0.1, 0.15) is 16.9 Å². The number of halogens is 1. The quantitative estimate of drug-likeness (QED) is 0.336. The molecule has 8 heteroatoms. The van der Waals surface area contributed by atoms with Gasteiger partial charge in [0.15, 0.2) is 5.82 Å². The van der Waals surface area contributed by atoms with Crippen LogP contribution in [0.5, 0.6) is 0 Å². The highest BCUT2D eigenvalue weighted by Crippen LogP contribution is 2.49. The maximum Gasteiger partial charge on any atom is 0.408 e. The van der Waals surface area contributed by atoms with E-state index >= 15 is 0 Å². The van der Waals surface area contributed by atoms with E-state index in [2.05, 4.69) is 62.2 Å². The molecular weight excluding hydrogens is 486 g/mol. The molecule has 1 fully saturated rings. The number of nitrogens with one attached hydrogen (secondary N) is 3. The Balaban J connectivity index is 1.34. The second-order valence-corrected chi connectivity index (χ2v) is 11.2. The molecule has 1 amide bonds. The van der Waals surface area contributed by atoms with Gasteiger partial charge in [-0.15, -0.1) is 0 Å². The number of anilines is 3. The first-order chi connectivity index (χ1) is 17.7. The average molecular weight is 516 g/mol. The number of aromatic nitrogens is 1. The van der Waals surface area contributed by atoms with Crippen molar-refractivity contribution in [3.63, 3.8) is 0 Å². The van der Waals surface area contributed by atoms with Crippen LogP contribution < -0.4 is 20.9 Å². The molecule has 6 rings (SSSR count). The smallest absolute Gasteiger partial charge is 0.408 e. The van der Waals surface area contributed by atoms with Gasteiger partial charge in [-0.05, 0) is 63.8 Å². The summed E-state index contributed by atoms with van der Waals surface area (Å²) < 4.78 is 5.54. The van der Waals surface area contributed by atoms with Gasteiger partial charge in [-0.2, -0.15) is 0 Å². The molecule has 7 nitrogen and oxygen atoms in total. The molecule has 1 aromatic heterocycles. The van der Waals surface area contributed by atoms with Crippen LogP contribution in [0.15, 0.2) is 72.0 Å². The summed E-state index contributed by atoms with van der Waals surface area (Å²) in [5, 5.41) is 10.7. The van der Waals surface area contributed by atoms with E-state index in [0.29, 0.717) is 5.16 Å². The van der Waals surface area contributed by atoms with Crippen molar-refractivity contribution in [2.75, 3.05) is 10.2 Å². The molecule has 3 N–H and O–H groups in total. The number of hydrogen-bond donors (Lipinski definition) is 3. The summed E-state index contributed by atoms with van der Waals surface area (Å²) in [6.45, 7) is 5.62. The number of ether oxygens (including phenoxy) is 1. The van der Waals surface area contributed by atoms with Gasteiger partial charge in [0.25, 0.3) is 0 Å². The highest BCUT2D eigenvalue weighted by atomic mass is 35.5. The molecule has 3 aliphatic rings. The number of pyridine rings is 1. The summed E-state index contributed by atoms with van der Waals surface area (Å²) in [5.41, 5.74) is 4.99. The molecule has 2 aromatic carbocycles. The van der Waals surface area contributed by atoms with E-state index in [1.54, 1.807) is 6.20 Å². The zero-order valence-corrected chi connectivity index (χ0v) is 21.9. The first-order valence-corrected chi connectivity index (χ1v) is 13.0. The number of nitrogens with zero attached hydrogens (tertiary/aromatic N) is 2. The third-order valence-corrected chi connectivity index (χ3v) is 7.47. The minimum Gasteiger partial charge on any atom is -0.444 e. The number of hydrogen-bond acceptors (Lipinski definition) is 6. The van der Waals surface area contributed by atoms with E-state index in [4.69, 9.17) is 16.3 Å². The van der Waals surface area contributed by atoms with E-state index < -0.39 is 11.1 Å². The Kier molecular flexibility index (Phi) is 5.57. The van der Waals surface area contributed by atoms with Gasteiger partial charge in [0.2, 0.25) is 0 Å². The predicted molar refractivity (Wildman–Crippen MR) is 146 cm³/mol. The van der Waals surface area contributed by atoms with E-state index in [0.717, 1.165) is 58.8 Å². The maximum atomic E-state index is 12.6. The lowest BCUT2D eigenvalue weighted by atomic mass is 9.71. The van der Waals surface area contributed by atoms with E-state index in [1.165, 1.54) is 0 Å². The molecule has 0 bridgehead atoms. The Bertz CT molecular complexity index is 1390. The van der Waals surface area contributed by atoms with Gasteiger partial charge in [-0.3, -0.25) is 0 Å². The lowest BCUT2D eigenvalue weighted by Crippen LogP contribution is -2.52. The fourth-order valence-corrected chi connectivity index (χ4v) is 5.66. The molecular formula is C29H30ClN5O2. The molecule has 190 valence electrons. The number of amides is 1. The topological polar surface area (TPSA) is 78.5 Å². The second kappa shape index (κ2) is 8.70. The maximum absolute atomic E-state index is 12.6. The van der Waals surface area contributed by atoms with Gasteiger partial charge >= 0.3 is 6.09 Å². The van der Waals surface area contributed by atoms with Gasteiger partial charge in [0, 0.05) is 23.0 Å². The van der Waals surface area contributed by atoms with Crippen molar-refractivity contribution in [3.8, 4) is 0 Å². The monoisotopic (exact) mass is 515 g/mol. The van der Waals surface area contributed by atoms with Gasteiger partial charge in [0.05, 0.1) is 16.9 Å². The number of benzene rings is 2. The Morgan fingerprint density at radius 3 is 2.57 bits per heavy atom. The van der Waals surface area contributed by atoms with E-state index in [1.807, 2.05) is 45.0 Å². The number of alkyl carbamates (subject to hydrolysis) is 1. The van der Waals surface area contributed by atoms with Gasteiger partial charge in [-0.1, -0.05) is 54.1 Å². The average Bonchev–Trinajstić information content (AvgIpc) is 3.11. The summed E-state index contributed by atoms with van der Waals surface area (Å²) in [7, 11) is 0. The molecule has 1 aliphatic carbocycles. The minimum absolute atomic E-state index is 0.178. The van der Waals surface area contributed by atoms with Gasteiger partial charge < -0.3 is 25.6 Å². The molecule has 1 saturated carbocycles. The standard InChI is InChI=1S/C29H30ClN5O2/c1-28(2,3)37-27(36)34-29(15-7-16-29)19-13-11-18(12-14-19)23-24(30)33-26-20-8-4-5-9-21(20)32-25-22(35(23)26)10-6-17-31-25/h4-6,8-14,17,26,33H,7,15-16H2,1-3H3,(H,31,32)(H,34,36). The molecule has 1 unspecified atom stereocenters. The zero-order valence-electron chi connectivity index (χ0n) is 21.1. The largest absolute Gasteiger partial charge is 0.444 e. The summed E-state index contributed by atoms with van der Waals surface area (Å²) in [4.78, 5) is 19.4. The van der Waals surface area contributed by atoms with Crippen molar-refractivity contribution in [2.45, 2.75) is 57.3 Å². The molecule has 2 aliphatic heterocycles. The Morgan fingerprint density at radius 1 is 1.11 bits per heavy atom. The van der Waals surface area contributed by atoms with Crippen molar-refractivity contribution < 1.29 is 9.53 Å². The first-order valence-electron chi connectivity index (χ1n) is 12.6. The summed E-state index contributed by atoms with van der Waals surface area (Å²) in [6.07, 6.45) is 4.05. The first kappa shape index (κ1) is 23.7. The zero-order chi connectivity index (χ0) is 25.8. The van der Waals surface area contributed by atoms with E-state index in [9.17, 15) is 4.79 Å². The molecule has 0 saturated heterocycles. The fourth-order valence-electron chi connectivity index (χ4n) is 5.36. The van der Waals surface area contributed by atoms with Crippen LogP contribution in [0, 0.1) is 0 Å². The van der Waals surface area contributed by atoms with Gasteiger partial charge in [-0.25, -0.2) is 9.78 Å². The molecule has 3 heterocycles. The van der Waals surface area contributed by atoms with Crippen LogP contribution in [0.25, 0.3) is 5.70 Å². The third kappa shape index (κ3) is 4.17.